The van der Waals surface area contributed by atoms with Gasteiger partial charge < -0.3 is 10.3 Å². The molecule has 0 radical (unpaired) electrons. The summed E-state index contributed by atoms with van der Waals surface area (Å²) in [6.07, 6.45) is 3.41. The third-order valence-electron chi connectivity index (χ3n) is 3.20. The third kappa shape index (κ3) is 2.89. The summed E-state index contributed by atoms with van der Waals surface area (Å²) in [4.78, 5) is 19.5. The van der Waals surface area contributed by atoms with Gasteiger partial charge in [0.25, 0.3) is 5.91 Å². The highest BCUT2D eigenvalue weighted by Gasteiger charge is 2.19. The van der Waals surface area contributed by atoms with Crippen LogP contribution >= 0.6 is 0 Å². The van der Waals surface area contributed by atoms with Crippen molar-refractivity contribution in [1.29, 1.82) is 0 Å². The Hall–Kier alpha value is -2.11. The van der Waals surface area contributed by atoms with Crippen LogP contribution in [0.15, 0.2) is 18.5 Å². The molecule has 0 spiro atoms. The Bertz CT molecular complexity index is 570. The summed E-state index contributed by atoms with van der Waals surface area (Å²) in [6.45, 7) is 8.67. The predicted molar refractivity (Wildman–Crippen MR) is 76.5 cm³/mol. The first-order valence-electron chi connectivity index (χ1n) is 6.90. The van der Waals surface area contributed by atoms with Crippen LogP contribution in [0, 0.1) is 0 Å². The number of H-pyrrole nitrogens is 1. The van der Waals surface area contributed by atoms with Crippen molar-refractivity contribution in [3.8, 4) is 0 Å². The van der Waals surface area contributed by atoms with E-state index in [1.54, 1.807) is 17.1 Å². The zero-order chi connectivity index (χ0) is 14.7. The molecule has 108 valence electrons. The maximum absolute atomic E-state index is 12.4. The van der Waals surface area contributed by atoms with E-state index >= 15 is 0 Å². The Labute approximate surface area is 118 Å². The first-order chi connectivity index (χ1) is 9.52. The number of aromatic amines is 1. The first-order valence-corrected chi connectivity index (χ1v) is 6.90. The maximum Gasteiger partial charge on any atom is 0.270 e. The van der Waals surface area contributed by atoms with Gasteiger partial charge >= 0.3 is 0 Å². The van der Waals surface area contributed by atoms with E-state index in [4.69, 9.17) is 0 Å². The Balaban J connectivity index is 2.16. The van der Waals surface area contributed by atoms with Gasteiger partial charge in [0, 0.05) is 18.9 Å². The number of aryl methyl sites for hydroxylation is 1. The maximum atomic E-state index is 12.4. The van der Waals surface area contributed by atoms with E-state index in [0.29, 0.717) is 18.2 Å². The highest BCUT2D eigenvalue weighted by atomic mass is 16.2. The van der Waals surface area contributed by atoms with E-state index in [0.717, 1.165) is 11.5 Å². The van der Waals surface area contributed by atoms with Crippen molar-refractivity contribution in [2.75, 3.05) is 0 Å². The molecule has 0 aliphatic rings. The van der Waals surface area contributed by atoms with E-state index in [2.05, 4.69) is 34.2 Å². The largest absolute Gasteiger partial charge is 0.347 e. The fourth-order valence-electron chi connectivity index (χ4n) is 2.00. The summed E-state index contributed by atoms with van der Waals surface area (Å²) in [5.74, 6) is 0.914. The molecule has 0 aromatic carbocycles. The van der Waals surface area contributed by atoms with Crippen LogP contribution in [0.25, 0.3) is 0 Å². The Kier molecular flexibility index (Phi) is 4.22. The molecule has 0 saturated carbocycles. The van der Waals surface area contributed by atoms with Crippen molar-refractivity contribution in [3.63, 3.8) is 0 Å². The molecule has 2 N–H and O–H groups in total. The highest BCUT2D eigenvalue weighted by molar-refractivity contribution is 5.92. The smallest absolute Gasteiger partial charge is 0.270 e. The number of rotatable bonds is 5. The minimum absolute atomic E-state index is 0.129. The predicted octanol–water partition coefficient (Wildman–Crippen LogP) is 2.24. The fourth-order valence-corrected chi connectivity index (χ4v) is 2.00. The van der Waals surface area contributed by atoms with Crippen molar-refractivity contribution >= 4 is 5.91 Å². The lowest BCUT2D eigenvalue weighted by Crippen LogP contribution is -2.29. The quantitative estimate of drug-likeness (QED) is 0.878. The molecule has 1 unspecified atom stereocenters. The third-order valence-corrected chi connectivity index (χ3v) is 3.20. The van der Waals surface area contributed by atoms with Gasteiger partial charge in [-0.2, -0.15) is 5.10 Å². The zero-order valence-electron chi connectivity index (χ0n) is 12.3. The second-order valence-corrected chi connectivity index (χ2v) is 5.09. The summed E-state index contributed by atoms with van der Waals surface area (Å²) in [5, 5.41) is 7.38. The fraction of sp³-hybridized carbons (Fsp3) is 0.500. The molecular formula is C14H21N5O. The average Bonchev–Trinajstić information content (AvgIpc) is 3.07. The number of nitrogens with zero attached hydrogens (tertiary/aromatic N) is 3. The second kappa shape index (κ2) is 5.90. The lowest BCUT2D eigenvalue weighted by atomic mass is 10.1. The van der Waals surface area contributed by atoms with Crippen LogP contribution in [0.5, 0.6) is 0 Å². The molecule has 0 saturated heterocycles. The van der Waals surface area contributed by atoms with Gasteiger partial charge in [0.1, 0.15) is 11.5 Å². The molecule has 1 amide bonds. The van der Waals surface area contributed by atoms with Crippen LogP contribution in [0.1, 0.15) is 61.7 Å². The monoisotopic (exact) mass is 275 g/mol. The second-order valence-electron chi connectivity index (χ2n) is 5.09. The van der Waals surface area contributed by atoms with Gasteiger partial charge in [-0.3, -0.25) is 9.48 Å². The number of nitrogens with one attached hydrogen (secondary N) is 2. The minimum atomic E-state index is -0.166. The zero-order valence-corrected chi connectivity index (χ0v) is 12.3. The van der Waals surface area contributed by atoms with Gasteiger partial charge in [-0.25, -0.2) is 4.98 Å². The summed E-state index contributed by atoms with van der Waals surface area (Å²) >= 11 is 0. The molecule has 1 atom stereocenters. The molecule has 0 aliphatic carbocycles. The number of carbonyl (C=O) groups is 1. The lowest BCUT2D eigenvalue weighted by molar-refractivity contribution is 0.0927. The van der Waals surface area contributed by atoms with Crippen molar-refractivity contribution in [1.82, 2.24) is 25.1 Å². The lowest BCUT2D eigenvalue weighted by Gasteiger charge is -2.11. The molecule has 0 fully saturated rings. The van der Waals surface area contributed by atoms with Crippen LogP contribution in [-0.4, -0.2) is 25.7 Å². The summed E-state index contributed by atoms with van der Waals surface area (Å²) in [5.41, 5.74) is 1.53. The molecular weight excluding hydrogens is 254 g/mol. The number of hydrogen-bond acceptors (Lipinski definition) is 3. The van der Waals surface area contributed by atoms with Crippen LogP contribution < -0.4 is 5.32 Å². The molecule has 0 aliphatic heterocycles. The van der Waals surface area contributed by atoms with E-state index in [1.807, 2.05) is 19.9 Å². The van der Waals surface area contributed by atoms with E-state index in [9.17, 15) is 4.79 Å². The number of imidazole rings is 1. The molecule has 6 heteroatoms. The molecule has 0 bridgehead atoms. The van der Waals surface area contributed by atoms with Gasteiger partial charge in [0.2, 0.25) is 0 Å². The van der Waals surface area contributed by atoms with Gasteiger partial charge in [0.05, 0.1) is 11.7 Å². The minimum Gasteiger partial charge on any atom is -0.347 e. The van der Waals surface area contributed by atoms with E-state index in [-0.39, 0.29) is 11.9 Å². The van der Waals surface area contributed by atoms with Crippen molar-refractivity contribution < 1.29 is 4.79 Å². The normalized spacial score (nSPS) is 12.7. The first kappa shape index (κ1) is 14.3. The van der Waals surface area contributed by atoms with Crippen LogP contribution in [0.3, 0.4) is 0 Å². The van der Waals surface area contributed by atoms with Gasteiger partial charge in [-0.15, -0.1) is 0 Å². The molecule has 2 rings (SSSR count). The average molecular weight is 275 g/mol. The summed E-state index contributed by atoms with van der Waals surface area (Å²) in [6, 6.07) is 1.69. The van der Waals surface area contributed by atoms with Gasteiger partial charge in [-0.1, -0.05) is 13.8 Å². The molecule has 2 aromatic heterocycles. The highest BCUT2D eigenvalue weighted by Crippen LogP contribution is 2.15. The Morgan fingerprint density at radius 3 is 2.75 bits per heavy atom. The van der Waals surface area contributed by atoms with Crippen molar-refractivity contribution in [3.05, 3.63) is 35.7 Å². The summed E-state index contributed by atoms with van der Waals surface area (Å²) in [7, 11) is 0. The Morgan fingerprint density at radius 1 is 1.45 bits per heavy atom. The molecule has 6 nitrogen and oxygen atoms in total. The Morgan fingerprint density at radius 2 is 2.20 bits per heavy atom. The van der Waals surface area contributed by atoms with Gasteiger partial charge in [-0.05, 0) is 25.8 Å². The van der Waals surface area contributed by atoms with Crippen molar-refractivity contribution in [2.45, 2.75) is 46.2 Å². The van der Waals surface area contributed by atoms with Crippen LogP contribution in [-0.2, 0) is 6.54 Å². The number of carbonyl (C=O) groups excluding carboxylic acids is 1. The molecule has 20 heavy (non-hydrogen) atoms. The summed E-state index contributed by atoms with van der Waals surface area (Å²) < 4.78 is 1.74. The molecule has 2 heterocycles. The topological polar surface area (TPSA) is 75.6 Å². The standard InChI is InChI=1S/C14H21N5O/c1-5-19-12(8-11(18-19)9(2)3)14(20)17-10(4)13-15-6-7-16-13/h6-10H,5H2,1-4H3,(H,15,16)(H,17,20). The van der Waals surface area contributed by atoms with Gasteiger partial charge in [0.15, 0.2) is 0 Å². The van der Waals surface area contributed by atoms with Crippen LogP contribution in [0.4, 0.5) is 0 Å². The number of hydrogen-bond donors (Lipinski definition) is 2. The van der Waals surface area contributed by atoms with E-state index in [1.165, 1.54) is 0 Å². The van der Waals surface area contributed by atoms with E-state index < -0.39 is 0 Å². The number of aromatic nitrogens is 4. The van der Waals surface area contributed by atoms with Crippen molar-refractivity contribution in [2.24, 2.45) is 0 Å². The van der Waals surface area contributed by atoms with Crippen LogP contribution in [0.2, 0.25) is 0 Å². The molecule has 2 aromatic rings. The number of amides is 1. The SMILES string of the molecule is CCn1nc(C(C)C)cc1C(=O)NC(C)c1ncc[nH]1.